The molecule has 7 nitrogen and oxygen atoms in total. The van der Waals surface area contributed by atoms with Crippen LogP contribution < -0.4 is 15.4 Å². The minimum Gasteiger partial charge on any atom is -0.490 e. The highest BCUT2D eigenvalue weighted by molar-refractivity contribution is 5.99. The molecule has 37 heavy (non-hydrogen) atoms. The molecule has 0 unspecified atom stereocenters. The lowest BCUT2D eigenvalue weighted by Crippen LogP contribution is -2.34. The van der Waals surface area contributed by atoms with Crippen molar-refractivity contribution in [3.05, 3.63) is 77.4 Å². The third kappa shape index (κ3) is 6.10. The van der Waals surface area contributed by atoms with E-state index in [0.717, 1.165) is 5.39 Å². The molecule has 0 aromatic heterocycles. The van der Waals surface area contributed by atoms with E-state index in [1.54, 1.807) is 24.3 Å². The first-order valence-electron chi connectivity index (χ1n) is 13.1. The maximum absolute atomic E-state index is 12.6. The van der Waals surface area contributed by atoms with E-state index < -0.39 is 5.97 Å². The third-order valence-electron chi connectivity index (χ3n) is 7.33. The van der Waals surface area contributed by atoms with Crippen LogP contribution in [0.3, 0.4) is 0 Å². The molecule has 2 aliphatic rings. The van der Waals surface area contributed by atoms with Crippen molar-refractivity contribution >= 4 is 28.6 Å². The predicted octanol–water partition coefficient (Wildman–Crippen LogP) is 4.90. The number of ether oxygens (including phenoxy) is 1. The monoisotopic (exact) mass is 500 g/mol. The number of carboxylic acid groups (broad SMARTS) is 1. The molecule has 0 spiro atoms. The summed E-state index contributed by atoms with van der Waals surface area (Å²) in [5.74, 6) is -0.0657. The number of amides is 2. The number of carbonyl (C=O) groups excluding carboxylic acids is 2. The van der Waals surface area contributed by atoms with Crippen LogP contribution in [-0.2, 0) is 4.79 Å². The first-order chi connectivity index (χ1) is 18.0. The molecule has 2 saturated carbocycles. The van der Waals surface area contributed by atoms with Crippen LogP contribution in [0.4, 0.5) is 0 Å². The van der Waals surface area contributed by atoms with Gasteiger partial charge in [-0.15, -0.1) is 0 Å². The zero-order valence-corrected chi connectivity index (χ0v) is 20.7. The highest BCUT2D eigenvalue weighted by Gasteiger charge is 2.27. The molecule has 0 radical (unpaired) electrons. The first-order valence-corrected chi connectivity index (χ1v) is 13.1. The fourth-order valence-corrected chi connectivity index (χ4v) is 5.06. The molecular formula is C30H32N2O5. The van der Waals surface area contributed by atoms with Crippen molar-refractivity contribution in [1.82, 2.24) is 10.6 Å². The lowest BCUT2D eigenvalue weighted by atomic mass is 9.87. The topological polar surface area (TPSA) is 105 Å². The molecular weight excluding hydrogens is 468 g/mol. The SMILES string of the molecule is O=C(NCCNC(=O)c1ccc2c(C3CC3)cccc2c1)c1ccc(OC2CCC(C(=O)O)CC2)cc1. The van der Waals surface area contributed by atoms with E-state index in [-0.39, 0.29) is 23.8 Å². The lowest BCUT2D eigenvalue weighted by molar-refractivity contribution is -0.143. The fourth-order valence-electron chi connectivity index (χ4n) is 5.06. The Balaban J connectivity index is 1.06. The maximum Gasteiger partial charge on any atom is 0.306 e. The van der Waals surface area contributed by atoms with E-state index in [9.17, 15) is 14.4 Å². The van der Waals surface area contributed by atoms with Crippen molar-refractivity contribution in [1.29, 1.82) is 0 Å². The van der Waals surface area contributed by atoms with Crippen LogP contribution in [0.25, 0.3) is 10.8 Å². The van der Waals surface area contributed by atoms with Crippen LogP contribution in [0.1, 0.15) is 70.7 Å². The summed E-state index contributed by atoms with van der Waals surface area (Å²) in [6.07, 6.45) is 5.15. The van der Waals surface area contributed by atoms with E-state index in [0.29, 0.717) is 61.6 Å². The molecule has 0 saturated heterocycles. The molecule has 0 atom stereocenters. The second kappa shape index (κ2) is 11.0. The number of carboxylic acids is 1. The first kappa shape index (κ1) is 24.8. The van der Waals surface area contributed by atoms with Gasteiger partial charge in [0.05, 0.1) is 12.0 Å². The second-order valence-corrected chi connectivity index (χ2v) is 10.0. The molecule has 2 amide bonds. The standard InChI is InChI=1S/C30H32N2O5/c33-28(20-6-11-24(12-7-20)37-25-13-8-21(9-14-25)30(35)36)31-16-17-32-29(34)23-10-15-27-22(18-23)2-1-3-26(27)19-4-5-19/h1-3,6-7,10-12,15,18-19,21,25H,4-5,8-9,13-14,16-17H2,(H,31,33)(H,32,34)(H,35,36). The molecule has 7 heteroatoms. The Morgan fingerprint density at radius 2 is 1.43 bits per heavy atom. The van der Waals surface area contributed by atoms with E-state index in [2.05, 4.69) is 22.8 Å². The molecule has 192 valence electrons. The molecule has 2 aliphatic carbocycles. The van der Waals surface area contributed by atoms with Crippen LogP contribution in [0.5, 0.6) is 5.75 Å². The number of hydrogen-bond acceptors (Lipinski definition) is 4. The van der Waals surface area contributed by atoms with Crippen molar-refractivity contribution in [3.8, 4) is 5.75 Å². The Bertz CT molecular complexity index is 1290. The molecule has 3 aromatic carbocycles. The minimum atomic E-state index is -0.732. The highest BCUT2D eigenvalue weighted by Crippen LogP contribution is 2.43. The average Bonchev–Trinajstić information content (AvgIpc) is 3.76. The Morgan fingerprint density at radius 1 is 0.784 bits per heavy atom. The van der Waals surface area contributed by atoms with Crippen LogP contribution >= 0.6 is 0 Å². The largest absolute Gasteiger partial charge is 0.490 e. The molecule has 0 heterocycles. The molecule has 0 bridgehead atoms. The Hall–Kier alpha value is -3.87. The van der Waals surface area contributed by atoms with Crippen molar-refractivity contribution in [2.45, 2.75) is 50.5 Å². The van der Waals surface area contributed by atoms with Crippen molar-refractivity contribution in [2.75, 3.05) is 13.1 Å². The summed E-state index contributed by atoms with van der Waals surface area (Å²) in [5.41, 5.74) is 2.49. The molecule has 3 N–H and O–H groups in total. The average molecular weight is 501 g/mol. The van der Waals surface area contributed by atoms with Crippen molar-refractivity contribution in [2.24, 2.45) is 5.92 Å². The van der Waals surface area contributed by atoms with Crippen LogP contribution in [0.15, 0.2) is 60.7 Å². The maximum atomic E-state index is 12.6. The van der Waals surface area contributed by atoms with Gasteiger partial charge in [-0.3, -0.25) is 14.4 Å². The Labute approximate surface area is 216 Å². The van der Waals surface area contributed by atoms with Crippen molar-refractivity contribution < 1.29 is 24.2 Å². The minimum absolute atomic E-state index is 0.00161. The third-order valence-corrected chi connectivity index (χ3v) is 7.33. The number of fused-ring (bicyclic) bond motifs is 1. The zero-order chi connectivity index (χ0) is 25.8. The van der Waals surface area contributed by atoms with E-state index in [1.807, 2.05) is 24.3 Å². The van der Waals surface area contributed by atoms with Gasteiger partial charge < -0.3 is 20.5 Å². The lowest BCUT2D eigenvalue weighted by Gasteiger charge is -2.26. The quantitative estimate of drug-likeness (QED) is 0.363. The molecule has 0 aliphatic heterocycles. The normalized spacial score (nSPS) is 19.2. The van der Waals surface area contributed by atoms with Gasteiger partial charge in [0.25, 0.3) is 11.8 Å². The number of nitrogens with one attached hydrogen (secondary N) is 2. The van der Waals surface area contributed by atoms with Crippen LogP contribution in [0.2, 0.25) is 0 Å². The summed E-state index contributed by atoms with van der Waals surface area (Å²) in [6.45, 7) is 0.639. The summed E-state index contributed by atoms with van der Waals surface area (Å²) in [4.78, 5) is 36.2. The number of rotatable bonds is 9. The van der Waals surface area contributed by atoms with Crippen molar-refractivity contribution in [3.63, 3.8) is 0 Å². The van der Waals surface area contributed by atoms with Gasteiger partial charge in [-0.05, 0) is 97.2 Å². The van der Waals surface area contributed by atoms with Gasteiger partial charge in [0.2, 0.25) is 0 Å². The smallest absolute Gasteiger partial charge is 0.306 e. The summed E-state index contributed by atoms with van der Waals surface area (Å²) in [7, 11) is 0. The van der Waals surface area contributed by atoms with Crippen LogP contribution in [0, 0.1) is 5.92 Å². The summed E-state index contributed by atoms with van der Waals surface area (Å²) < 4.78 is 5.96. The Kier molecular flexibility index (Phi) is 7.40. The molecule has 2 fully saturated rings. The summed E-state index contributed by atoms with van der Waals surface area (Å²) >= 11 is 0. The summed E-state index contributed by atoms with van der Waals surface area (Å²) in [5, 5.41) is 17.1. The van der Waals surface area contributed by atoms with Gasteiger partial charge in [0.1, 0.15) is 5.75 Å². The number of benzene rings is 3. The van der Waals surface area contributed by atoms with Gasteiger partial charge >= 0.3 is 5.97 Å². The zero-order valence-electron chi connectivity index (χ0n) is 20.7. The molecule has 3 aromatic rings. The van der Waals surface area contributed by atoms with Gasteiger partial charge in [0, 0.05) is 24.2 Å². The van der Waals surface area contributed by atoms with E-state index in [4.69, 9.17) is 9.84 Å². The number of hydrogen-bond donors (Lipinski definition) is 3. The van der Waals surface area contributed by atoms with Gasteiger partial charge in [-0.25, -0.2) is 0 Å². The van der Waals surface area contributed by atoms with E-state index >= 15 is 0 Å². The fraction of sp³-hybridized carbons (Fsp3) is 0.367. The van der Waals surface area contributed by atoms with Gasteiger partial charge in [0.15, 0.2) is 0 Å². The van der Waals surface area contributed by atoms with Crippen LogP contribution in [-0.4, -0.2) is 42.1 Å². The molecule has 5 rings (SSSR count). The van der Waals surface area contributed by atoms with E-state index in [1.165, 1.54) is 23.8 Å². The number of carbonyl (C=O) groups is 3. The number of aliphatic carboxylic acids is 1. The Morgan fingerprint density at radius 3 is 2.08 bits per heavy atom. The predicted molar refractivity (Wildman–Crippen MR) is 141 cm³/mol. The van der Waals surface area contributed by atoms with Gasteiger partial charge in [-0.1, -0.05) is 24.3 Å². The van der Waals surface area contributed by atoms with Gasteiger partial charge in [-0.2, -0.15) is 0 Å². The second-order valence-electron chi connectivity index (χ2n) is 10.0. The highest BCUT2D eigenvalue weighted by atomic mass is 16.5. The summed E-state index contributed by atoms with van der Waals surface area (Å²) in [6, 6.07) is 19.0.